The van der Waals surface area contributed by atoms with Gasteiger partial charge in [-0.25, -0.2) is 0 Å². The lowest BCUT2D eigenvalue weighted by Crippen LogP contribution is -2.36. The summed E-state index contributed by atoms with van der Waals surface area (Å²) in [6, 6.07) is 5.82. The maximum Gasteiger partial charge on any atom is 0.308 e. The molecule has 2 atom stereocenters. The van der Waals surface area contributed by atoms with E-state index in [0.29, 0.717) is 19.5 Å². The Bertz CT molecular complexity index is 700. The predicted molar refractivity (Wildman–Crippen MR) is 88.7 cm³/mol. The Hall–Kier alpha value is -2.37. The van der Waals surface area contributed by atoms with Crippen molar-refractivity contribution in [2.45, 2.75) is 26.7 Å². The molecule has 24 heavy (non-hydrogen) atoms. The first-order valence-electron chi connectivity index (χ1n) is 8.26. The molecule has 0 unspecified atom stereocenters. The average molecular weight is 330 g/mol. The number of aryl methyl sites for hydroxylation is 1. The Morgan fingerprint density at radius 2 is 1.92 bits per heavy atom. The molecule has 6 nitrogen and oxygen atoms in total. The first kappa shape index (κ1) is 16.5. The highest BCUT2D eigenvalue weighted by atomic mass is 16.4. The number of nitrogens with zero attached hydrogens (tertiary/aromatic N) is 2. The number of carboxylic acids is 1. The molecule has 6 heteroatoms. The maximum absolute atomic E-state index is 12.6. The second-order valence-electron chi connectivity index (χ2n) is 6.73. The van der Waals surface area contributed by atoms with E-state index in [1.54, 1.807) is 9.80 Å². The van der Waals surface area contributed by atoms with Crippen LogP contribution in [0.25, 0.3) is 0 Å². The van der Waals surface area contributed by atoms with Crippen LogP contribution < -0.4 is 4.90 Å². The predicted octanol–water partition coefficient (Wildman–Crippen LogP) is 1.59. The molecule has 0 saturated carbocycles. The number of hydrogen-bond acceptors (Lipinski definition) is 3. The first-order chi connectivity index (χ1) is 11.4. The number of carboxylic acid groups (broad SMARTS) is 1. The van der Waals surface area contributed by atoms with Gasteiger partial charge in [-0.15, -0.1) is 0 Å². The van der Waals surface area contributed by atoms with Crippen LogP contribution in [-0.4, -0.2) is 47.4 Å². The summed E-state index contributed by atoms with van der Waals surface area (Å²) in [4.78, 5) is 39.4. The summed E-state index contributed by atoms with van der Waals surface area (Å²) in [6.07, 6.45) is 0.683. The van der Waals surface area contributed by atoms with Gasteiger partial charge >= 0.3 is 5.97 Å². The number of amides is 2. The number of carbonyl (C=O) groups excluding carboxylic acids is 2. The number of rotatable bonds is 3. The van der Waals surface area contributed by atoms with Gasteiger partial charge in [-0.05, 0) is 37.5 Å². The van der Waals surface area contributed by atoms with Gasteiger partial charge in [0.2, 0.25) is 11.8 Å². The highest BCUT2D eigenvalue weighted by Gasteiger charge is 2.40. The van der Waals surface area contributed by atoms with Gasteiger partial charge in [0.1, 0.15) is 0 Å². The van der Waals surface area contributed by atoms with E-state index in [4.69, 9.17) is 5.11 Å². The molecule has 2 fully saturated rings. The quantitative estimate of drug-likeness (QED) is 0.913. The largest absolute Gasteiger partial charge is 0.481 e. The number of carbonyl (C=O) groups is 3. The molecule has 2 aliphatic rings. The van der Waals surface area contributed by atoms with Gasteiger partial charge in [-0.2, -0.15) is 0 Å². The van der Waals surface area contributed by atoms with Crippen molar-refractivity contribution in [1.82, 2.24) is 4.90 Å². The van der Waals surface area contributed by atoms with Crippen LogP contribution in [0.2, 0.25) is 0 Å². The molecular formula is C18H22N2O4. The minimum Gasteiger partial charge on any atom is -0.481 e. The second kappa shape index (κ2) is 6.26. The van der Waals surface area contributed by atoms with Gasteiger partial charge in [0.25, 0.3) is 0 Å². The molecule has 2 saturated heterocycles. The molecule has 1 aromatic carbocycles. The average Bonchev–Trinajstić information content (AvgIpc) is 3.16. The van der Waals surface area contributed by atoms with Crippen molar-refractivity contribution in [2.75, 3.05) is 24.5 Å². The lowest BCUT2D eigenvalue weighted by molar-refractivity contribution is -0.141. The maximum atomic E-state index is 12.6. The number of benzene rings is 1. The van der Waals surface area contributed by atoms with Crippen molar-refractivity contribution in [3.05, 3.63) is 29.3 Å². The van der Waals surface area contributed by atoms with E-state index >= 15 is 0 Å². The number of likely N-dealkylation sites (tertiary alicyclic amines) is 1. The topological polar surface area (TPSA) is 77.9 Å². The minimum absolute atomic E-state index is 0.0453. The molecule has 0 aromatic heterocycles. The summed E-state index contributed by atoms with van der Waals surface area (Å²) >= 11 is 0. The van der Waals surface area contributed by atoms with Crippen LogP contribution in [0.5, 0.6) is 0 Å². The van der Waals surface area contributed by atoms with Gasteiger partial charge < -0.3 is 14.9 Å². The summed E-state index contributed by atoms with van der Waals surface area (Å²) in [5.74, 6) is -1.87. The van der Waals surface area contributed by atoms with Crippen LogP contribution in [0.3, 0.4) is 0 Å². The molecule has 2 amide bonds. The highest BCUT2D eigenvalue weighted by molar-refractivity contribution is 6.01. The molecule has 2 aliphatic heterocycles. The summed E-state index contributed by atoms with van der Waals surface area (Å²) < 4.78 is 0. The van der Waals surface area contributed by atoms with Gasteiger partial charge in [0, 0.05) is 31.7 Å². The number of aliphatic carboxylic acids is 1. The summed E-state index contributed by atoms with van der Waals surface area (Å²) in [5, 5.41) is 9.07. The molecule has 0 spiro atoms. The number of hydrogen-bond donors (Lipinski definition) is 1. The van der Waals surface area contributed by atoms with Crippen LogP contribution >= 0.6 is 0 Å². The van der Waals surface area contributed by atoms with Crippen molar-refractivity contribution in [2.24, 2.45) is 11.8 Å². The summed E-state index contributed by atoms with van der Waals surface area (Å²) in [7, 11) is 0. The van der Waals surface area contributed by atoms with Crippen LogP contribution in [-0.2, 0) is 14.4 Å². The smallest absolute Gasteiger partial charge is 0.308 e. The van der Waals surface area contributed by atoms with Crippen molar-refractivity contribution in [3.8, 4) is 0 Å². The van der Waals surface area contributed by atoms with E-state index < -0.39 is 11.9 Å². The summed E-state index contributed by atoms with van der Waals surface area (Å²) in [6.45, 7) is 5.06. The van der Waals surface area contributed by atoms with E-state index in [1.165, 1.54) is 0 Å². The third-order valence-corrected chi connectivity index (χ3v) is 5.19. The van der Waals surface area contributed by atoms with E-state index in [2.05, 4.69) is 0 Å². The highest BCUT2D eigenvalue weighted by Crippen LogP contribution is 2.31. The van der Waals surface area contributed by atoms with Crippen LogP contribution in [0, 0.1) is 25.7 Å². The minimum atomic E-state index is -0.857. The van der Waals surface area contributed by atoms with Crippen LogP contribution in [0.15, 0.2) is 18.2 Å². The third kappa shape index (κ3) is 2.88. The lowest BCUT2D eigenvalue weighted by atomic mass is 10.1. The summed E-state index contributed by atoms with van der Waals surface area (Å²) in [5.41, 5.74) is 3.02. The zero-order chi connectivity index (χ0) is 17.4. The second-order valence-corrected chi connectivity index (χ2v) is 6.73. The van der Waals surface area contributed by atoms with E-state index in [0.717, 1.165) is 16.8 Å². The molecule has 1 aromatic rings. The van der Waals surface area contributed by atoms with E-state index in [9.17, 15) is 14.4 Å². The van der Waals surface area contributed by atoms with Gasteiger partial charge in [-0.1, -0.05) is 12.1 Å². The van der Waals surface area contributed by atoms with E-state index in [1.807, 2.05) is 32.0 Å². The van der Waals surface area contributed by atoms with Crippen molar-refractivity contribution >= 4 is 23.5 Å². The SMILES string of the molecule is Cc1cccc(N2C[C@H](C(=O)N3CC[C@@H](C(=O)O)C3)CC2=O)c1C. The van der Waals surface area contributed by atoms with Gasteiger partial charge in [0.15, 0.2) is 0 Å². The molecule has 0 radical (unpaired) electrons. The zero-order valence-corrected chi connectivity index (χ0v) is 14.0. The van der Waals surface area contributed by atoms with Crippen LogP contribution in [0.4, 0.5) is 5.69 Å². The normalized spacial score (nSPS) is 23.8. The first-order valence-corrected chi connectivity index (χ1v) is 8.26. The number of anilines is 1. The van der Waals surface area contributed by atoms with Crippen molar-refractivity contribution in [1.29, 1.82) is 0 Å². The Balaban J connectivity index is 1.72. The van der Waals surface area contributed by atoms with Crippen LogP contribution in [0.1, 0.15) is 24.0 Å². The van der Waals surface area contributed by atoms with Gasteiger partial charge in [0.05, 0.1) is 11.8 Å². The van der Waals surface area contributed by atoms with Crippen molar-refractivity contribution < 1.29 is 19.5 Å². The molecule has 0 aliphatic carbocycles. The fraction of sp³-hybridized carbons (Fsp3) is 0.500. The van der Waals surface area contributed by atoms with Gasteiger partial charge in [-0.3, -0.25) is 14.4 Å². The molecule has 128 valence electrons. The monoisotopic (exact) mass is 330 g/mol. The zero-order valence-electron chi connectivity index (χ0n) is 14.0. The molecular weight excluding hydrogens is 308 g/mol. The molecule has 2 heterocycles. The molecule has 3 rings (SSSR count). The molecule has 0 bridgehead atoms. The fourth-order valence-corrected chi connectivity index (χ4v) is 3.55. The Morgan fingerprint density at radius 1 is 1.17 bits per heavy atom. The Morgan fingerprint density at radius 3 is 2.58 bits per heavy atom. The fourth-order valence-electron chi connectivity index (χ4n) is 3.55. The third-order valence-electron chi connectivity index (χ3n) is 5.19. The van der Waals surface area contributed by atoms with E-state index in [-0.39, 0.29) is 30.7 Å². The Kier molecular flexibility index (Phi) is 4.30. The molecule has 1 N–H and O–H groups in total. The lowest BCUT2D eigenvalue weighted by Gasteiger charge is -2.22. The standard InChI is InChI=1S/C18H22N2O4/c1-11-4-3-5-15(12(11)2)20-10-14(8-16(20)21)17(22)19-7-6-13(9-19)18(23)24/h3-5,13-14H,6-10H2,1-2H3,(H,23,24)/t13-,14-/m1/s1. The Labute approximate surface area is 141 Å². The van der Waals surface area contributed by atoms with Crippen molar-refractivity contribution in [3.63, 3.8) is 0 Å².